The lowest BCUT2D eigenvalue weighted by molar-refractivity contribution is -0.121. The Morgan fingerprint density at radius 3 is 2.59 bits per heavy atom. The molecule has 0 atom stereocenters. The summed E-state index contributed by atoms with van der Waals surface area (Å²) in [4.78, 5) is 11.2. The van der Waals surface area contributed by atoms with E-state index in [2.05, 4.69) is 5.43 Å². The minimum Gasteiger partial charge on any atom is -0.274 e. The van der Waals surface area contributed by atoms with Gasteiger partial charge in [-0.1, -0.05) is 34.7 Å². The van der Waals surface area contributed by atoms with Crippen LogP contribution in [0.4, 0.5) is 5.69 Å². The molecule has 1 aliphatic heterocycles. The van der Waals surface area contributed by atoms with Gasteiger partial charge in [0.05, 0.1) is 12.2 Å². The molecule has 0 aromatic heterocycles. The monoisotopic (exact) mass is 317 g/mol. The van der Waals surface area contributed by atoms with Crippen LogP contribution in [0.1, 0.15) is 6.92 Å². The maximum absolute atomic E-state index is 12.6. The van der Waals surface area contributed by atoms with E-state index in [0.717, 1.165) is 19.5 Å². The zero-order chi connectivity index (χ0) is 15.7. The SMILES string of the molecule is CC(=O)NN1CC=CN(c2ccc3ccccc3c2)S1(=O)=O. The Balaban J connectivity index is 2.03. The van der Waals surface area contributed by atoms with E-state index in [0.29, 0.717) is 5.69 Å². The van der Waals surface area contributed by atoms with Crippen molar-refractivity contribution in [1.29, 1.82) is 0 Å². The third kappa shape index (κ3) is 2.56. The van der Waals surface area contributed by atoms with Crippen molar-refractivity contribution < 1.29 is 13.2 Å². The van der Waals surface area contributed by atoms with Gasteiger partial charge in [-0.2, -0.15) is 8.42 Å². The van der Waals surface area contributed by atoms with Crippen LogP contribution in [0.5, 0.6) is 0 Å². The predicted molar refractivity (Wildman–Crippen MR) is 85.0 cm³/mol. The van der Waals surface area contributed by atoms with E-state index in [1.807, 2.05) is 30.3 Å². The van der Waals surface area contributed by atoms with Crippen LogP contribution in [0.3, 0.4) is 0 Å². The number of hydrogen-bond donors (Lipinski definition) is 1. The minimum absolute atomic E-state index is 0.103. The number of benzene rings is 2. The quantitative estimate of drug-likeness (QED) is 0.918. The van der Waals surface area contributed by atoms with Crippen molar-refractivity contribution in [1.82, 2.24) is 9.84 Å². The summed E-state index contributed by atoms with van der Waals surface area (Å²) < 4.78 is 27.2. The molecular weight excluding hydrogens is 302 g/mol. The third-order valence-corrected chi connectivity index (χ3v) is 4.94. The van der Waals surface area contributed by atoms with E-state index >= 15 is 0 Å². The molecule has 0 bridgehead atoms. The highest BCUT2D eigenvalue weighted by molar-refractivity contribution is 7.90. The Bertz CT molecular complexity index is 861. The van der Waals surface area contributed by atoms with Crippen LogP contribution in [-0.2, 0) is 15.0 Å². The fourth-order valence-electron chi connectivity index (χ4n) is 2.33. The summed E-state index contributed by atoms with van der Waals surface area (Å²) in [6.45, 7) is 1.38. The summed E-state index contributed by atoms with van der Waals surface area (Å²) in [5.74, 6) is -0.433. The van der Waals surface area contributed by atoms with Crippen LogP contribution in [0.25, 0.3) is 10.8 Å². The highest BCUT2D eigenvalue weighted by Crippen LogP contribution is 2.27. The van der Waals surface area contributed by atoms with Gasteiger partial charge in [0.2, 0.25) is 5.91 Å². The average Bonchev–Trinajstić information content (AvgIpc) is 2.48. The number of rotatable bonds is 2. The second-order valence-electron chi connectivity index (χ2n) is 4.92. The van der Waals surface area contributed by atoms with Crippen molar-refractivity contribution in [2.75, 3.05) is 10.8 Å². The molecule has 1 heterocycles. The van der Waals surface area contributed by atoms with Crippen LogP contribution < -0.4 is 9.73 Å². The highest BCUT2D eigenvalue weighted by Gasteiger charge is 2.31. The van der Waals surface area contributed by atoms with Crippen LogP contribution in [0, 0.1) is 0 Å². The first kappa shape index (κ1) is 14.6. The lowest BCUT2D eigenvalue weighted by Crippen LogP contribution is -2.52. The normalized spacial score (nSPS) is 17.6. The maximum atomic E-state index is 12.6. The second-order valence-corrected chi connectivity index (χ2v) is 6.65. The second kappa shape index (κ2) is 5.43. The topological polar surface area (TPSA) is 69.7 Å². The largest absolute Gasteiger partial charge is 0.325 e. The zero-order valence-electron chi connectivity index (χ0n) is 11.9. The van der Waals surface area contributed by atoms with Gasteiger partial charge in [0, 0.05) is 13.1 Å². The number of nitrogens with zero attached hydrogens (tertiary/aromatic N) is 2. The first-order chi connectivity index (χ1) is 10.5. The smallest absolute Gasteiger partial charge is 0.274 e. The van der Waals surface area contributed by atoms with Gasteiger partial charge in [0.1, 0.15) is 0 Å². The minimum atomic E-state index is -3.83. The molecule has 0 aliphatic carbocycles. The van der Waals surface area contributed by atoms with Crippen molar-refractivity contribution >= 4 is 32.6 Å². The van der Waals surface area contributed by atoms with E-state index in [1.165, 1.54) is 13.1 Å². The fraction of sp³-hybridized carbons (Fsp3) is 0.133. The lowest BCUT2D eigenvalue weighted by Gasteiger charge is -2.31. The van der Waals surface area contributed by atoms with Crippen molar-refractivity contribution in [3.05, 3.63) is 54.7 Å². The van der Waals surface area contributed by atoms with Crippen LogP contribution in [0.2, 0.25) is 0 Å². The zero-order valence-corrected chi connectivity index (χ0v) is 12.7. The molecular formula is C15H15N3O3S. The fourth-order valence-corrected chi connectivity index (χ4v) is 3.68. The Morgan fingerprint density at radius 2 is 1.86 bits per heavy atom. The molecule has 1 amide bonds. The van der Waals surface area contributed by atoms with E-state index in [1.54, 1.807) is 18.2 Å². The van der Waals surface area contributed by atoms with Crippen molar-refractivity contribution in [3.8, 4) is 0 Å². The number of hydrogen-bond acceptors (Lipinski definition) is 3. The summed E-state index contributed by atoms with van der Waals surface area (Å²) in [7, 11) is -3.83. The molecule has 1 N–H and O–H groups in total. The molecule has 1 aliphatic rings. The van der Waals surface area contributed by atoms with Gasteiger partial charge in [-0.3, -0.25) is 10.2 Å². The molecule has 6 nitrogen and oxygen atoms in total. The molecule has 2 aromatic carbocycles. The number of carbonyl (C=O) groups excluding carboxylic acids is 1. The van der Waals surface area contributed by atoms with Gasteiger partial charge in [-0.05, 0) is 29.0 Å². The number of fused-ring (bicyclic) bond motifs is 1. The van der Waals surface area contributed by atoms with Gasteiger partial charge < -0.3 is 0 Å². The number of nitrogens with one attached hydrogen (secondary N) is 1. The van der Waals surface area contributed by atoms with Gasteiger partial charge >= 0.3 is 10.2 Å². The highest BCUT2D eigenvalue weighted by atomic mass is 32.2. The van der Waals surface area contributed by atoms with E-state index < -0.39 is 16.1 Å². The Hall–Kier alpha value is -2.38. The third-order valence-electron chi connectivity index (χ3n) is 3.31. The van der Waals surface area contributed by atoms with Gasteiger partial charge in [0.25, 0.3) is 0 Å². The van der Waals surface area contributed by atoms with Gasteiger partial charge in [-0.25, -0.2) is 4.31 Å². The molecule has 22 heavy (non-hydrogen) atoms. The van der Waals surface area contributed by atoms with Crippen molar-refractivity contribution in [2.45, 2.75) is 6.92 Å². The summed E-state index contributed by atoms with van der Waals surface area (Å²) in [5, 5.41) is 1.98. The van der Waals surface area contributed by atoms with Gasteiger partial charge in [0.15, 0.2) is 0 Å². The van der Waals surface area contributed by atoms with Gasteiger partial charge in [-0.15, -0.1) is 0 Å². The van der Waals surface area contributed by atoms with E-state index in [4.69, 9.17) is 0 Å². The first-order valence-corrected chi connectivity index (χ1v) is 8.13. The van der Waals surface area contributed by atoms with Crippen molar-refractivity contribution in [2.24, 2.45) is 0 Å². The number of amides is 1. The number of anilines is 1. The standard InChI is InChI=1S/C15H15N3O3S/c1-12(19)16-18-10-4-9-17(22(18,20)21)15-8-7-13-5-2-3-6-14(13)11-15/h2-9,11H,10H2,1H3,(H,16,19). The number of hydrazine groups is 1. The maximum Gasteiger partial charge on any atom is 0.325 e. The summed E-state index contributed by atoms with van der Waals surface area (Å²) in [6.07, 6.45) is 3.17. The Kier molecular flexibility index (Phi) is 3.59. The van der Waals surface area contributed by atoms with E-state index in [-0.39, 0.29) is 6.54 Å². The molecule has 7 heteroatoms. The molecule has 0 fully saturated rings. The van der Waals surface area contributed by atoms with E-state index in [9.17, 15) is 13.2 Å². The van der Waals surface area contributed by atoms with Crippen molar-refractivity contribution in [3.63, 3.8) is 0 Å². The molecule has 0 spiro atoms. The Morgan fingerprint density at radius 1 is 1.14 bits per heavy atom. The number of carbonyl (C=O) groups is 1. The summed E-state index contributed by atoms with van der Waals surface area (Å²) >= 11 is 0. The molecule has 0 saturated heterocycles. The molecule has 0 saturated carbocycles. The molecule has 0 radical (unpaired) electrons. The predicted octanol–water partition coefficient (Wildman–Crippen LogP) is 1.77. The lowest BCUT2D eigenvalue weighted by atomic mass is 10.1. The van der Waals surface area contributed by atoms with Crippen LogP contribution in [0.15, 0.2) is 54.7 Å². The average molecular weight is 317 g/mol. The molecule has 3 rings (SSSR count). The van der Waals surface area contributed by atoms with Crippen LogP contribution >= 0.6 is 0 Å². The molecule has 2 aromatic rings. The Labute approximate surface area is 128 Å². The summed E-state index contributed by atoms with van der Waals surface area (Å²) in [5.41, 5.74) is 2.84. The molecule has 114 valence electrons. The summed E-state index contributed by atoms with van der Waals surface area (Å²) in [6, 6.07) is 13.1. The first-order valence-electron chi connectivity index (χ1n) is 6.73. The molecule has 0 unspecified atom stereocenters. The van der Waals surface area contributed by atoms with Crippen LogP contribution in [-0.4, -0.2) is 25.3 Å².